The Bertz CT molecular complexity index is 703. The van der Waals surface area contributed by atoms with E-state index >= 15 is 0 Å². The summed E-state index contributed by atoms with van der Waals surface area (Å²) in [5.41, 5.74) is 1.03. The monoisotopic (exact) mass is 356 g/mol. The number of nitrogens with zero attached hydrogens (tertiary/aromatic N) is 2. The van der Waals surface area contributed by atoms with Crippen molar-refractivity contribution < 1.29 is 14.3 Å². The molecule has 2 N–H and O–H groups in total. The van der Waals surface area contributed by atoms with E-state index in [0.717, 1.165) is 24.8 Å². The molecule has 1 atom stereocenters. The lowest BCUT2D eigenvalue weighted by molar-refractivity contribution is -0.126. The molecular weight excluding hydrogens is 332 g/mol. The van der Waals surface area contributed by atoms with Crippen molar-refractivity contribution in [2.75, 3.05) is 19.7 Å². The predicted octanol–water partition coefficient (Wildman–Crippen LogP) is 1.74. The van der Waals surface area contributed by atoms with Gasteiger partial charge in [0, 0.05) is 31.5 Å². The normalized spacial score (nSPS) is 17.5. The first kappa shape index (κ1) is 18.1. The highest BCUT2D eigenvalue weighted by molar-refractivity contribution is 5.90. The summed E-state index contributed by atoms with van der Waals surface area (Å²) in [6, 6.07) is 9.68. The van der Waals surface area contributed by atoms with Crippen LogP contribution in [0.5, 0.6) is 0 Å². The summed E-state index contributed by atoms with van der Waals surface area (Å²) >= 11 is 0. The second-order valence-corrected chi connectivity index (χ2v) is 6.43. The van der Waals surface area contributed by atoms with Crippen LogP contribution < -0.4 is 5.32 Å². The van der Waals surface area contributed by atoms with Crippen LogP contribution in [0.1, 0.15) is 35.4 Å². The number of carbonyl (C=O) groups excluding carboxylic acids is 2. The van der Waals surface area contributed by atoms with E-state index in [9.17, 15) is 9.59 Å². The average molecular weight is 356 g/mol. The molecule has 0 aliphatic carbocycles. The number of carbonyl (C=O) groups is 2. The van der Waals surface area contributed by atoms with Gasteiger partial charge in [0.15, 0.2) is 5.82 Å². The molecule has 3 rings (SSSR count). The fourth-order valence-corrected chi connectivity index (χ4v) is 3.08. The van der Waals surface area contributed by atoms with Gasteiger partial charge in [-0.2, -0.15) is 0 Å². The van der Waals surface area contributed by atoms with Gasteiger partial charge in [0.1, 0.15) is 6.61 Å². The molecule has 2 heterocycles. The first-order valence-electron chi connectivity index (χ1n) is 8.92. The van der Waals surface area contributed by atoms with Gasteiger partial charge in [-0.3, -0.25) is 9.59 Å². The van der Waals surface area contributed by atoms with Gasteiger partial charge in [0.2, 0.25) is 5.91 Å². The molecule has 26 heavy (non-hydrogen) atoms. The van der Waals surface area contributed by atoms with Crippen LogP contribution in [0, 0.1) is 0 Å². The Kier molecular flexibility index (Phi) is 6.38. The minimum atomic E-state index is -0.154. The van der Waals surface area contributed by atoms with Crippen molar-refractivity contribution in [2.45, 2.75) is 31.9 Å². The third-order valence-corrected chi connectivity index (χ3v) is 4.37. The second-order valence-electron chi connectivity index (χ2n) is 6.43. The van der Waals surface area contributed by atoms with E-state index in [-0.39, 0.29) is 24.5 Å². The van der Waals surface area contributed by atoms with Crippen molar-refractivity contribution in [1.82, 2.24) is 20.2 Å². The third-order valence-electron chi connectivity index (χ3n) is 4.37. The van der Waals surface area contributed by atoms with Gasteiger partial charge in [-0.25, -0.2) is 4.98 Å². The first-order chi connectivity index (χ1) is 12.7. The van der Waals surface area contributed by atoms with Crippen molar-refractivity contribution in [3.8, 4) is 0 Å². The molecule has 7 heteroatoms. The van der Waals surface area contributed by atoms with Crippen molar-refractivity contribution in [3.63, 3.8) is 0 Å². The number of benzene rings is 1. The third kappa shape index (κ3) is 5.16. The number of aromatic nitrogens is 2. The van der Waals surface area contributed by atoms with Crippen LogP contribution in [-0.4, -0.2) is 52.4 Å². The molecule has 0 spiro atoms. The molecule has 1 saturated heterocycles. The largest absolute Gasteiger partial charge is 0.367 e. The minimum Gasteiger partial charge on any atom is -0.367 e. The molecule has 1 aromatic carbocycles. The molecule has 1 aliphatic heterocycles. The minimum absolute atomic E-state index is 0.0114. The first-order valence-corrected chi connectivity index (χ1v) is 8.92. The molecule has 0 saturated carbocycles. The summed E-state index contributed by atoms with van der Waals surface area (Å²) in [5.74, 6) is 0.0536. The summed E-state index contributed by atoms with van der Waals surface area (Å²) in [4.78, 5) is 33.2. The molecule has 0 bridgehead atoms. The number of imidazole rings is 1. The average Bonchev–Trinajstić information content (AvgIpc) is 3.09. The maximum Gasteiger partial charge on any atom is 0.289 e. The van der Waals surface area contributed by atoms with E-state index in [1.165, 1.54) is 0 Å². The van der Waals surface area contributed by atoms with Crippen LogP contribution in [0.3, 0.4) is 0 Å². The number of amides is 2. The molecule has 2 aromatic rings. The zero-order valence-electron chi connectivity index (χ0n) is 14.7. The van der Waals surface area contributed by atoms with E-state index in [2.05, 4.69) is 15.3 Å². The van der Waals surface area contributed by atoms with E-state index in [4.69, 9.17) is 4.74 Å². The van der Waals surface area contributed by atoms with Crippen LogP contribution in [0.4, 0.5) is 0 Å². The summed E-state index contributed by atoms with van der Waals surface area (Å²) in [5, 5.41) is 2.99. The molecular formula is C19H24N4O3. The Labute approximate surface area is 152 Å². The Morgan fingerprint density at radius 2 is 2.12 bits per heavy atom. The van der Waals surface area contributed by atoms with Crippen LogP contribution >= 0.6 is 0 Å². The van der Waals surface area contributed by atoms with Gasteiger partial charge >= 0.3 is 0 Å². The van der Waals surface area contributed by atoms with E-state index in [0.29, 0.717) is 25.5 Å². The lowest BCUT2D eigenvalue weighted by Gasteiger charge is -2.24. The Morgan fingerprint density at radius 3 is 2.88 bits per heavy atom. The van der Waals surface area contributed by atoms with Crippen LogP contribution in [-0.2, 0) is 16.1 Å². The van der Waals surface area contributed by atoms with E-state index in [1.54, 1.807) is 17.3 Å². The fraction of sp³-hybridized carbons (Fsp3) is 0.421. The van der Waals surface area contributed by atoms with Gasteiger partial charge in [-0.05, 0) is 24.8 Å². The van der Waals surface area contributed by atoms with Crippen molar-refractivity contribution in [3.05, 3.63) is 54.1 Å². The predicted molar refractivity (Wildman–Crippen MR) is 96.4 cm³/mol. The number of aromatic amines is 1. The van der Waals surface area contributed by atoms with Crippen molar-refractivity contribution >= 4 is 11.8 Å². The zero-order chi connectivity index (χ0) is 18.2. The standard InChI is InChI=1S/C19H24N4O3/c24-17(14-26-13-15-6-2-1-3-7-15)22-16-8-4-5-11-23(12-16)19(25)18-20-9-10-21-18/h1-3,6-7,9-10,16H,4-5,8,11-14H2,(H,20,21)(H,22,24). The number of nitrogens with one attached hydrogen (secondary N) is 2. The van der Waals surface area contributed by atoms with Gasteiger partial charge in [-0.15, -0.1) is 0 Å². The maximum absolute atomic E-state index is 12.5. The van der Waals surface area contributed by atoms with Crippen LogP contribution in [0.25, 0.3) is 0 Å². The lowest BCUT2D eigenvalue weighted by atomic mass is 10.1. The number of H-pyrrole nitrogens is 1. The SMILES string of the molecule is O=C(COCc1ccccc1)NC1CCCCN(C(=O)c2ncc[nH]2)C1. The maximum atomic E-state index is 12.5. The molecule has 1 fully saturated rings. The Morgan fingerprint density at radius 1 is 1.27 bits per heavy atom. The number of hydrogen-bond acceptors (Lipinski definition) is 4. The zero-order valence-corrected chi connectivity index (χ0v) is 14.7. The fourth-order valence-electron chi connectivity index (χ4n) is 3.08. The summed E-state index contributed by atoms with van der Waals surface area (Å²) in [7, 11) is 0. The quantitative estimate of drug-likeness (QED) is 0.825. The van der Waals surface area contributed by atoms with Gasteiger partial charge in [0.25, 0.3) is 5.91 Å². The Balaban J connectivity index is 1.46. The number of hydrogen-bond donors (Lipinski definition) is 2. The highest BCUT2D eigenvalue weighted by atomic mass is 16.5. The van der Waals surface area contributed by atoms with Crippen molar-refractivity contribution in [1.29, 1.82) is 0 Å². The number of ether oxygens (including phenoxy) is 1. The van der Waals surface area contributed by atoms with Crippen molar-refractivity contribution in [2.24, 2.45) is 0 Å². The molecule has 1 unspecified atom stereocenters. The van der Waals surface area contributed by atoms with Gasteiger partial charge in [0.05, 0.1) is 6.61 Å². The van der Waals surface area contributed by atoms with Gasteiger partial charge < -0.3 is 19.9 Å². The van der Waals surface area contributed by atoms with Crippen LogP contribution in [0.15, 0.2) is 42.7 Å². The van der Waals surface area contributed by atoms with E-state index in [1.807, 2.05) is 30.3 Å². The number of rotatable bonds is 6. The summed E-state index contributed by atoms with van der Waals surface area (Å²) in [6.45, 7) is 1.58. The topological polar surface area (TPSA) is 87.3 Å². The summed E-state index contributed by atoms with van der Waals surface area (Å²) in [6.07, 6.45) is 5.94. The molecule has 1 aliphatic rings. The molecule has 0 radical (unpaired) electrons. The smallest absolute Gasteiger partial charge is 0.289 e. The lowest BCUT2D eigenvalue weighted by Crippen LogP contribution is -2.45. The molecule has 1 aromatic heterocycles. The van der Waals surface area contributed by atoms with Crippen LogP contribution in [0.2, 0.25) is 0 Å². The Hall–Kier alpha value is -2.67. The highest BCUT2D eigenvalue weighted by Crippen LogP contribution is 2.13. The summed E-state index contributed by atoms with van der Waals surface area (Å²) < 4.78 is 5.48. The number of likely N-dealkylation sites (tertiary alicyclic amines) is 1. The molecule has 2 amide bonds. The second kappa shape index (κ2) is 9.15. The highest BCUT2D eigenvalue weighted by Gasteiger charge is 2.25. The van der Waals surface area contributed by atoms with E-state index < -0.39 is 0 Å². The molecule has 7 nitrogen and oxygen atoms in total. The van der Waals surface area contributed by atoms with Gasteiger partial charge in [-0.1, -0.05) is 30.3 Å². The molecule has 138 valence electrons.